The Bertz CT molecular complexity index is 1530. The van der Waals surface area contributed by atoms with Gasteiger partial charge >= 0.3 is 0 Å². The highest BCUT2D eigenvalue weighted by atomic mass is 35.5. The van der Waals surface area contributed by atoms with Gasteiger partial charge in [-0.3, -0.25) is 14.4 Å². The number of halogens is 2. The summed E-state index contributed by atoms with van der Waals surface area (Å²) >= 11 is 16.9. The SMILES string of the molecule is C[C@H](O)C(=O)NS(=O)(=O)c1ccccc1-c1ccc(CNC(=O)CC(=O)NC[C@H](S)Cc2cccc(Cl)c2)cc1Cl. The van der Waals surface area contributed by atoms with Crippen LogP contribution < -0.4 is 15.4 Å². The molecule has 0 aliphatic heterocycles. The van der Waals surface area contributed by atoms with E-state index >= 15 is 0 Å². The molecule has 3 amide bonds. The van der Waals surface area contributed by atoms with Crippen LogP contribution >= 0.6 is 35.8 Å². The fourth-order valence-electron chi connectivity index (χ4n) is 3.79. The summed E-state index contributed by atoms with van der Waals surface area (Å²) in [7, 11) is -4.29. The van der Waals surface area contributed by atoms with E-state index in [-0.39, 0.29) is 40.2 Å². The van der Waals surface area contributed by atoms with Crippen molar-refractivity contribution in [1.29, 1.82) is 0 Å². The number of sulfonamides is 1. The van der Waals surface area contributed by atoms with E-state index in [0.29, 0.717) is 22.6 Å². The number of nitrogens with one attached hydrogen (secondary N) is 3. The van der Waals surface area contributed by atoms with Crippen LogP contribution in [-0.2, 0) is 37.4 Å². The van der Waals surface area contributed by atoms with E-state index < -0.39 is 33.8 Å². The van der Waals surface area contributed by atoms with Crippen LogP contribution in [0, 0.1) is 0 Å². The number of hydrogen-bond donors (Lipinski definition) is 5. The molecule has 4 N–H and O–H groups in total. The Morgan fingerprint density at radius 1 is 0.902 bits per heavy atom. The van der Waals surface area contributed by atoms with Crippen molar-refractivity contribution in [3.05, 3.63) is 87.9 Å². The number of hydrogen-bond acceptors (Lipinski definition) is 7. The number of thiol groups is 1. The van der Waals surface area contributed by atoms with Crippen molar-refractivity contribution >= 4 is 63.6 Å². The lowest BCUT2D eigenvalue weighted by Gasteiger charge is -2.14. The molecule has 0 aliphatic carbocycles. The summed E-state index contributed by atoms with van der Waals surface area (Å²) in [5.74, 6) is -1.99. The highest BCUT2D eigenvalue weighted by molar-refractivity contribution is 7.90. The molecule has 0 saturated heterocycles. The maximum absolute atomic E-state index is 12.8. The first-order valence-electron chi connectivity index (χ1n) is 12.4. The minimum absolute atomic E-state index is 0.0838. The zero-order valence-electron chi connectivity index (χ0n) is 21.9. The third-order valence-electron chi connectivity index (χ3n) is 5.82. The Morgan fingerprint density at radius 2 is 1.61 bits per heavy atom. The summed E-state index contributed by atoms with van der Waals surface area (Å²) in [6, 6.07) is 18.1. The molecule has 13 heteroatoms. The molecular formula is C28H29Cl2N3O6S2. The molecule has 0 spiro atoms. The van der Waals surface area contributed by atoms with Crippen molar-refractivity contribution < 1.29 is 27.9 Å². The van der Waals surface area contributed by atoms with E-state index in [9.17, 15) is 27.9 Å². The monoisotopic (exact) mass is 637 g/mol. The summed E-state index contributed by atoms with van der Waals surface area (Å²) in [5.41, 5.74) is 2.23. The van der Waals surface area contributed by atoms with Gasteiger partial charge in [-0.1, -0.05) is 65.7 Å². The molecule has 0 heterocycles. The molecule has 0 radical (unpaired) electrons. The van der Waals surface area contributed by atoms with Gasteiger partial charge in [0.25, 0.3) is 15.9 Å². The first-order valence-corrected chi connectivity index (χ1v) is 15.2. The van der Waals surface area contributed by atoms with Crippen LogP contribution in [0.15, 0.2) is 71.6 Å². The smallest absolute Gasteiger partial charge is 0.264 e. The van der Waals surface area contributed by atoms with Gasteiger partial charge in [0.15, 0.2) is 0 Å². The van der Waals surface area contributed by atoms with Gasteiger partial charge in [-0.2, -0.15) is 12.6 Å². The molecule has 3 aromatic rings. The molecule has 0 saturated carbocycles. The van der Waals surface area contributed by atoms with Crippen molar-refractivity contribution in [3.8, 4) is 11.1 Å². The molecular weight excluding hydrogens is 609 g/mol. The van der Waals surface area contributed by atoms with Crippen molar-refractivity contribution in [2.24, 2.45) is 0 Å². The number of rotatable bonds is 12. The van der Waals surface area contributed by atoms with E-state index in [1.165, 1.54) is 18.2 Å². The molecule has 0 unspecified atom stereocenters. The van der Waals surface area contributed by atoms with Crippen LogP contribution in [0.25, 0.3) is 11.1 Å². The number of carbonyl (C=O) groups excluding carboxylic acids is 3. The van der Waals surface area contributed by atoms with Crippen LogP contribution in [0.3, 0.4) is 0 Å². The van der Waals surface area contributed by atoms with Crippen molar-refractivity contribution in [3.63, 3.8) is 0 Å². The van der Waals surface area contributed by atoms with Gasteiger partial charge in [0.1, 0.15) is 12.5 Å². The fourth-order valence-corrected chi connectivity index (χ4v) is 5.89. The minimum atomic E-state index is -4.29. The molecule has 0 fully saturated rings. The molecule has 0 aromatic heterocycles. The van der Waals surface area contributed by atoms with Gasteiger partial charge in [0.2, 0.25) is 11.8 Å². The third-order valence-corrected chi connectivity index (χ3v) is 8.14. The second-order valence-electron chi connectivity index (χ2n) is 9.20. The molecule has 2 atom stereocenters. The van der Waals surface area contributed by atoms with Crippen LogP contribution in [0.4, 0.5) is 0 Å². The van der Waals surface area contributed by atoms with Crippen molar-refractivity contribution in [2.45, 2.75) is 42.6 Å². The highest BCUT2D eigenvalue weighted by Gasteiger charge is 2.24. The van der Waals surface area contributed by atoms with Gasteiger partial charge in [0, 0.05) is 39.5 Å². The molecule has 41 heavy (non-hydrogen) atoms. The Kier molecular flexibility index (Phi) is 11.6. The summed E-state index contributed by atoms with van der Waals surface area (Å²) in [4.78, 5) is 36.1. The first kappa shape index (κ1) is 32.4. The average Bonchev–Trinajstić information content (AvgIpc) is 2.90. The number of carbonyl (C=O) groups is 3. The van der Waals surface area contributed by atoms with Gasteiger partial charge in [0.05, 0.1) is 4.90 Å². The van der Waals surface area contributed by atoms with Crippen molar-refractivity contribution in [1.82, 2.24) is 15.4 Å². The van der Waals surface area contributed by atoms with Gasteiger partial charge in [-0.05, 0) is 48.7 Å². The standard InChI is InChI=1S/C28H29Cl2N3O6S2/c1-17(34)28(37)33-41(38,39)25-8-3-2-7-23(25)22-10-9-19(13-24(22)30)15-31-26(35)14-27(36)32-16-21(40)12-18-5-4-6-20(29)11-18/h2-11,13,17,21,34,40H,12,14-16H2,1H3,(H,31,35)(H,32,36)(H,33,37)/t17-,21+/m0/s1. The van der Waals surface area contributed by atoms with Crippen LogP contribution in [0.1, 0.15) is 24.5 Å². The predicted octanol–water partition coefficient (Wildman–Crippen LogP) is 3.51. The zero-order chi connectivity index (χ0) is 30.2. The molecule has 0 aliphatic rings. The van der Waals surface area contributed by atoms with Gasteiger partial charge in [-0.25, -0.2) is 13.1 Å². The number of amides is 3. The van der Waals surface area contributed by atoms with Gasteiger partial charge in [-0.15, -0.1) is 0 Å². The normalized spacial score (nSPS) is 12.7. The third kappa shape index (κ3) is 9.75. The summed E-state index contributed by atoms with van der Waals surface area (Å²) in [6.45, 7) is 1.51. The van der Waals surface area contributed by atoms with Crippen LogP contribution in [-0.4, -0.2) is 49.1 Å². The van der Waals surface area contributed by atoms with Crippen molar-refractivity contribution in [2.75, 3.05) is 6.54 Å². The predicted molar refractivity (Wildman–Crippen MR) is 161 cm³/mol. The lowest BCUT2D eigenvalue weighted by Crippen LogP contribution is -2.37. The van der Waals surface area contributed by atoms with Crippen LogP contribution in [0.2, 0.25) is 10.0 Å². The maximum Gasteiger partial charge on any atom is 0.264 e. The Labute approximate surface area is 254 Å². The van der Waals surface area contributed by atoms with E-state index in [4.69, 9.17) is 23.2 Å². The Hall–Kier alpha value is -3.09. The Morgan fingerprint density at radius 3 is 2.29 bits per heavy atom. The van der Waals surface area contributed by atoms with E-state index in [0.717, 1.165) is 12.5 Å². The largest absolute Gasteiger partial charge is 0.384 e. The van der Waals surface area contributed by atoms with Gasteiger partial charge < -0.3 is 15.7 Å². The second-order valence-corrected chi connectivity index (χ2v) is 12.4. The Balaban J connectivity index is 1.56. The highest BCUT2D eigenvalue weighted by Crippen LogP contribution is 2.33. The molecule has 0 bridgehead atoms. The number of aliphatic hydroxyl groups is 1. The molecule has 3 rings (SSSR count). The minimum Gasteiger partial charge on any atom is -0.384 e. The quantitative estimate of drug-likeness (QED) is 0.152. The second kappa shape index (κ2) is 14.7. The summed E-state index contributed by atoms with van der Waals surface area (Å²) in [5, 5.41) is 15.4. The van der Waals surface area contributed by atoms with E-state index in [1.807, 2.05) is 22.9 Å². The molecule has 9 nitrogen and oxygen atoms in total. The number of benzene rings is 3. The summed E-state index contributed by atoms with van der Waals surface area (Å²) < 4.78 is 27.4. The van der Waals surface area contributed by atoms with Crippen LogP contribution in [0.5, 0.6) is 0 Å². The van der Waals surface area contributed by atoms with E-state index in [2.05, 4.69) is 23.3 Å². The lowest BCUT2D eigenvalue weighted by atomic mass is 10.0. The average molecular weight is 639 g/mol. The van der Waals surface area contributed by atoms with E-state index in [1.54, 1.807) is 30.3 Å². The maximum atomic E-state index is 12.8. The molecule has 3 aromatic carbocycles. The molecule has 218 valence electrons. The first-order chi connectivity index (χ1) is 19.4. The summed E-state index contributed by atoms with van der Waals surface area (Å²) in [6.07, 6.45) is -1.28. The zero-order valence-corrected chi connectivity index (χ0v) is 25.2. The lowest BCUT2D eigenvalue weighted by molar-refractivity contribution is -0.129. The number of aliphatic hydroxyl groups excluding tert-OH is 1. The fraction of sp³-hybridized carbons (Fsp3) is 0.250. The topological polar surface area (TPSA) is 142 Å².